The molecule has 0 bridgehead atoms. The number of rotatable bonds is 6. The van der Waals surface area contributed by atoms with Crippen LogP contribution in [0.2, 0.25) is 0 Å². The first-order valence-electron chi connectivity index (χ1n) is 8.88. The number of hydrogen-bond acceptors (Lipinski definition) is 4. The van der Waals surface area contributed by atoms with Crippen molar-refractivity contribution in [3.63, 3.8) is 0 Å². The molecule has 0 radical (unpaired) electrons. The summed E-state index contributed by atoms with van der Waals surface area (Å²) in [4.78, 5) is 29.7. The van der Waals surface area contributed by atoms with E-state index in [1.807, 2.05) is 0 Å². The molecule has 2 N–H and O–H groups in total. The average Bonchev–Trinajstić information content (AvgIpc) is 2.65. The molecular weight excluding hydrogens is 330 g/mol. The first-order valence-corrected chi connectivity index (χ1v) is 8.88. The van der Waals surface area contributed by atoms with Crippen molar-refractivity contribution in [2.45, 2.75) is 32.6 Å². The van der Waals surface area contributed by atoms with Crippen LogP contribution in [-0.4, -0.2) is 26.4 Å². The minimum absolute atomic E-state index is 0.0377. The summed E-state index contributed by atoms with van der Waals surface area (Å²) in [5.41, 5.74) is 0.873. The van der Waals surface area contributed by atoms with Gasteiger partial charge in [0.1, 0.15) is 16.8 Å². The lowest BCUT2D eigenvalue weighted by Crippen LogP contribution is -2.34. The van der Waals surface area contributed by atoms with Crippen molar-refractivity contribution in [1.29, 1.82) is 5.41 Å². The highest BCUT2D eigenvalue weighted by Gasteiger charge is 2.15. The summed E-state index contributed by atoms with van der Waals surface area (Å²) in [7, 11) is 1.65. The predicted octanol–water partition coefficient (Wildman–Crippen LogP) is 1.98. The second-order valence-corrected chi connectivity index (χ2v) is 6.37. The van der Waals surface area contributed by atoms with Crippen LogP contribution in [-0.2, 0) is 7.05 Å². The lowest BCUT2D eigenvalue weighted by atomic mass is 10.2. The molecule has 0 spiro atoms. The molecular formula is C19H23N5O2. The number of carbonyl (C=O) groups excluding carboxylic acids is 1. The average molecular weight is 353 g/mol. The Bertz CT molecular complexity index is 1080. The van der Waals surface area contributed by atoms with Crippen molar-refractivity contribution in [1.82, 2.24) is 19.3 Å². The van der Waals surface area contributed by atoms with E-state index in [9.17, 15) is 9.59 Å². The van der Waals surface area contributed by atoms with E-state index in [0.29, 0.717) is 23.2 Å². The van der Waals surface area contributed by atoms with Crippen LogP contribution < -0.4 is 16.4 Å². The highest BCUT2D eigenvalue weighted by molar-refractivity contribution is 5.96. The van der Waals surface area contributed by atoms with Crippen LogP contribution in [0, 0.1) is 5.41 Å². The van der Waals surface area contributed by atoms with E-state index in [2.05, 4.69) is 17.2 Å². The van der Waals surface area contributed by atoms with Gasteiger partial charge in [0.05, 0.1) is 10.9 Å². The van der Waals surface area contributed by atoms with Gasteiger partial charge in [-0.2, -0.15) is 0 Å². The molecule has 0 atom stereocenters. The van der Waals surface area contributed by atoms with Crippen molar-refractivity contribution in [2.24, 2.45) is 7.05 Å². The summed E-state index contributed by atoms with van der Waals surface area (Å²) >= 11 is 0. The van der Waals surface area contributed by atoms with Crippen molar-refractivity contribution >= 4 is 22.6 Å². The van der Waals surface area contributed by atoms with Gasteiger partial charge in [0, 0.05) is 19.8 Å². The number of amides is 1. The Balaban J connectivity index is 2.02. The zero-order valence-corrected chi connectivity index (χ0v) is 15.1. The summed E-state index contributed by atoms with van der Waals surface area (Å²) in [6, 6.07) is 6.77. The van der Waals surface area contributed by atoms with Crippen molar-refractivity contribution in [3.8, 4) is 0 Å². The Kier molecular flexibility index (Phi) is 5.16. The molecule has 3 aromatic rings. The maximum atomic E-state index is 12.8. The predicted molar refractivity (Wildman–Crippen MR) is 100 cm³/mol. The van der Waals surface area contributed by atoms with Crippen molar-refractivity contribution in [3.05, 3.63) is 51.9 Å². The fourth-order valence-electron chi connectivity index (χ4n) is 2.99. The maximum Gasteiger partial charge on any atom is 0.267 e. The molecule has 136 valence electrons. The molecule has 7 heteroatoms. The molecule has 7 nitrogen and oxygen atoms in total. The summed E-state index contributed by atoms with van der Waals surface area (Å²) in [6.45, 7) is 2.70. The number of fused-ring (bicyclic) bond motifs is 2. The van der Waals surface area contributed by atoms with E-state index in [1.165, 1.54) is 15.0 Å². The number of pyridine rings is 2. The normalized spacial score (nSPS) is 11.2. The number of carbonyl (C=O) groups is 1. The van der Waals surface area contributed by atoms with Crippen molar-refractivity contribution in [2.75, 3.05) is 6.54 Å². The van der Waals surface area contributed by atoms with Crippen LogP contribution >= 0.6 is 0 Å². The molecule has 0 aliphatic carbocycles. The zero-order chi connectivity index (χ0) is 18.7. The van der Waals surface area contributed by atoms with Crippen LogP contribution in [0.3, 0.4) is 0 Å². The molecule has 0 aromatic carbocycles. The maximum absolute atomic E-state index is 12.8. The van der Waals surface area contributed by atoms with Crippen LogP contribution in [0.1, 0.15) is 43.0 Å². The van der Waals surface area contributed by atoms with Gasteiger partial charge in [0.25, 0.3) is 11.5 Å². The monoisotopic (exact) mass is 353 g/mol. The minimum atomic E-state index is -0.332. The van der Waals surface area contributed by atoms with Gasteiger partial charge >= 0.3 is 0 Å². The molecule has 0 saturated carbocycles. The molecule has 3 aromatic heterocycles. The molecule has 3 rings (SSSR count). The minimum Gasteiger partial charge on any atom is -0.352 e. The Morgan fingerprint density at radius 3 is 2.85 bits per heavy atom. The topological polar surface area (TPSA) is 92.2 Å². The van der Waals surface area contributed by atoms with Crippen LogP contribution in [0.5, 0.6) is 0 Å². The van der Waals surface area contributed by atoms with Crippen LogP contribution in [0.25, 0.3) is 16.7 Å². The van der Waals surface area contributed by atoms with Gasteiger partial charge in [-0.1, -0.05) is 32.3 Å². The Morgan fingerprint density at radius 2 is 2.08 bits per heavy atom. The quantitative estimate of drug-likeness (QED) is 0.524. The molecule has 0 aliphatic heterocycles. The van der Waals surface area contributed by atoms with E-state index in [0.717, 1.165) is 25.7 Å². The van der Waals surface area contributed by atoms with Crippen LogP contribution in [0.15, 0.2) is 35.3 Å². The van der Waals surface area contributed by atoms with Crippen molar-refractivity contribution < 1.29 is 4.79 Å². The largest absolute Gasteiger partial charge is 0.352 e. The fraction of sp³-hybridized carbons (Fsp3) is 0.368. The van der Waals surface area contributed by atoms with Gasteiger partial charge in [0.2, 0.25) is 0 Å². The first-order chi connectivity index (χ1) is 12.5. The van der Waals surface area contributed by atoms with Gasteiger partial charge in [-0.05, 0) is 24.6 Å². The van der Waals surface area contributed by atoms with E-state index in [4.69, 9.17) is 5.41 Å². The molecule has 26 heavy (non-hydrogen) atoms. The third-order valence-electron chi connectivity index (χ3n) is 4.51. The van der Waals surface area contributed by atoms with Crippen LogP contribution in [0.4, 0.5) is 0 Å². The number of unbranched alkanes of at least 4 members (excludes halogenated alkanes) is 3. The van der Waals surface area contributed by atoms with E-state index in [-0.39, 0.29) is 22.5 Å². The SMILES string of the molecule is CCCCCCNC(=O)c1cc2c(=O)n3ccccc3nc2n(C)c1=N. The number of nitrogens with one attached hydrogen (secondary N) is 2. The highest BCUT2D eigenvalue weighted by Crippen LogP contribution is 2.09. The molecule has 0 aliphatic rings. The second kappa shape index (κ2) is 7.51. The molecule has 3 heterocycles. The molecule has 0 unspecified atom stereocenters. The summed E-state index contributed by atoms with van der Waals surface area (Å²) in [5.74, 6) is -0.332. The molecule has 0 saturated heterocycles. The van der Waals surface area contributed by atoms with Gasteiger partial charge in [-0.3, -0.25) is 19.4 Å². The van der Waals surface area contributed by atoms with Gasteiger partial charge < -0.3 is 9.88 Å². The first kappa shape index (κ1) is 17.8. The third-order valence-corrected chi connectivity index (χ3v) is 4.51. The number of aromatic nitrogens is 3. The summed E-state index contributed by atoms with van der Waals surface area (Å²) < 4.78 is 2.92. The summed E-state index contributed by atoms with van der Waals surface area (Å²) in [5, 5.41) is 11.5. The van der Waals surface area contributed by atoms with Gasteiger partial charge in [-0.15, -0.1) is 0 Å². The van der Waals surface area contributed by atoms with E-state index in [1.54, 1.807) is 31.4 Å². The Labute approximate surface area is 150 Å². The lowest BCUT2D eigenvalue weighted by molar-refractivity contribution is 0.0950. The molecule has 1 amide bonds. The number of aryl methyl sites for hydroxylation is 1. The lowest BCUT2D eigenvalue weighted by Gasteiger charge is -2.11. The third kappa shape index (κ3) is 3.24. The molecule has 0 fully saturated rings. The Morgan fingerprint density at radius 1 is 1.27 bits per heavy atom. The van der Waals surface area contributed by atoms with Gasteiger partial charge in [-0.25, -0.2) is 4.98 Å². The smallest absolute Gasteiger partial charge is 0.267 e. The summed E-state index contributed by atoms with van der Waals surface area (Å²) in [6.07, 6.45) is 5.89. The Hall–Kier alpha value is -2.96. The van der Waals surface area contributed by atoms with E-state index >= 15 is 0 Å². The fourth-order valence-corrected chi connectivity index (χ4v) is 2.99. The van der Waals surface area contributed by atoms with E-state index < -0.39 is 0 Å². The number of hydrogen-bond donors (Lipinski definition) is 2. The second-order valence-electron chi connectivity index (χ2n) is 6.37. The zero-order valence-electron chi connectivity index (χ0n) is 15.1. The standard InChI is InChI=1S/C19H23N5O2/c1-3-4-5-7-10-21-18(25)13-12-14-17(23(2)16(13)20)22-15-9-6-8-11-24(15)19(14)26/h6,8-9,11-12,20H,3-5,7,10H2,1-2H3,(H,21,25). The highest BCUT2D eigenvalue weighted by atomic mass is 16.1. The number of nitrogens with zero attached hydrogens (tertiary/aromatic N) is 3. The van der Waals surface area contributed by atoms with Gasteiger partial charge in [0.15, 0.2) is 0 Å².